The highest BCUT2D eigenvalue weighted by Crippen LogP contribution is 2.25. The van der Waals surface area contributed by atoms with E-state index in [9.17, 15) is 0 Å². The second-order valence-electron chi connectivity index (χ2n) is 3.50. The third-order valence-corrected chi connectivity index (χ3v) is 3.72. The minimum absolute atomic E-state index is 0.606. The highest BCUT2D eigenvalue weighted by Gasteiger charge is 2.12. The third kappa shape index (κ3) is 2.10. The molecule has 2 rings (SSSR count). The van der Waals surface area contributed by atoms with E-state index in [1.165, 1.54) is 3.57 Å². The van der Waals surface area contributed by atoms with Gasteiger partial charge in [0.05, 0.1) is 10.1 Å². The van der Waals surface area contributed by atoms with E-state index in [4.69, 9.17) is 5.73 Å². The van der Waals surface area contributed by atoms with Crippen LogP contribution in [0.1, 0.15) is 5.69 Å². The lowest BCUT2D eigenvalue weighted by molar-refractivity contribution is 0.609. The normalized spacial score (nSPS) is 10.7. The van der Waals surface area contributed by atoms with Gasteiger partial charge in [-0.05, 0) is 41.6 Å². The lowest BCUT2D eigenvalue weighted by Crippen LogP contribution is -2.12. The van der Waals surface area contributed by atoms with E-state index in [0.29, 0.717) is 6.54 Å². The van der Waals surface area contributed by atoms with Crippen LogP contribution in [0.15, 0.2) is 24.5 Å². The second kappa shape index (κ2) is 4.92. The smallest absolute Gasteiger partial charge is 0.106 e. The molecule has 5 heteroatoms. The van der Waals surface area contributed by atoms with Crippen molar-refractivity contribution in [2.75, 3.05) is 6.54 Å². The van der Waals surface area contributed by atoms with Crippen molar-refractivity contribution in [3.63, 3.8) is 0 Å². The quantitative estimate of drug-likeness (QED) is 0.875. The Bertz CT molecular complexity index is 478. The summed E-state index contributed by atoms with van der Waals surface area (Å²) in [4.78, 5) is 4.01. The molecule has 2 N–H and O–H groups in total. The van der Waals surface area contributed by atoms with E-state index >= 15 is 0 Å². The first-order valence-corrected chi connectivity index (χ1v) is 6.15. The largest absolute Gasteiger partial charge is 0.329 e. The standard InChI is InChI=1S/C11H13IN4/c1-8-10(12)11(15-16(8)7-4-13)9-2-5-14-6-3-9/h2-3,5-6H,4,7,13H2,1H3. The molecule has 0 saturated carbocycles. The Morgan fingerprint density at radius 3 is 2.69 bits per heavy atom. The molecule has 0 bridgehead atoms. The van der Waals surface area contributed by atoms with Crippen molar-refractivity contribution in [1.29, 1.82) is 0 Å². The summed E-state index contributed by atoms with van der Waals surface area (Å²) in [7, 11) is 0. The first kappa shape index (κ1) is 11.5. The topological polar surface area (TPSA) is 56.7 Å². The summed E-state index contributed by atoms with van der Waals surface area (Å²) >= 11 is 2.32. The van der Waals surface area contributed by atoms with E-state index < -0.39 is 0 Å². The number of hydrogen-bond acceptors (Lipinski definition) is 3. The van der Waals surface area contributed by atoms with Crippen LogP contribution in [0.25, 0.3) is 11.3 Å². The van der Waals surface area contributed by atoms with Crippen LogP contribution in [0.5, 0.6) is 0 Å². The van der Waals surface area contributed by atoms with Gasteiger partial charge in [-0.25, -0.2) is 0 Å². The van der Waals surface area contributed by atoms with Crippen molar-refractivity contribution in [3.8, 4) is 11.3 Å². The number of nitrogens with two attached hydrogens (primary N) is 1. The lowest BCUT2D eigenvalue weighted by Gasteiger charge is -1.99. The van der Waals surface area contributed by atoms with Crippen LogP contribution in [0.2, 0.25) is 0 Å². The van der Waals surface area contributed by atoms with Gasteiger partial charge < -0.3 is 5.73 Å². The minimum Gasteiger partial charge on any atom is -0.329 e. The summed E-state index contributed by atoms with van der Waals surface area (Å²) in [5, 5.41) is 4.57. The van der Waals surface area contributed by atoms with Crippen molar-refractivity contribution >= 4 is 22.6 Å². The lowest BCUT2D eigenvalue weighted by atomic mass is 10.2. The zero-order valence-electron chi connectivity index (χ0n) is 9.02. The SMILES string of the molecule is Cc1c(I)c(-c2ccncc2)nn1CCN. The monoisotopic (exact) mass is 328 g/mol. The minimum atomic E-state index is 0.606. The van der Waals surface area contributed by atoms with Gasteiger partial charge in [-0.3, -0.25) is 9.67 Å². The molecule has 0 saturated heterocycles. The maximum Gasteiger partial charge on any atom is 0.106 e. The van der Waals surface area contributed by atoms with Gasteiger partial charge >= 0.3 is 0 Å². The van der Waals surface area contributed by atoms with Gasteiger partial charge in [-0.2, -0.15) is 5.10 Å². The number of nitrogens with zero attached hydrogens (tertiary/aromatic N) is 3. The third-order valence-electron chi connectivity index (χ3n) is 2.43. The van der Waals surface area contributed by atoms with Crippen molar-refractivity contribution in [1.82, 2.24) is 14.8 Å². The zero-order valence-corrected chi connectivity index (χ0v) is 11.2. The molecule has 84 valence electrons. The molecule has 0 aliphatic heterocycles. The first-order valence-electron chi connectivity index (χ1n) is 5.07. The van der Waals surface area contributed by atoms with Gasteiger partial charge in [-0.1, -0.05) is 0 Å². The molecular formula is C11H13IN4. The summed E-state index contributed by atoms with van der Waals surface area (Å²) < 4.78 is 3.13. The number of hydrogen-bond donors (Lipinski definition) is 1. The molecule has 0 unspecified atom stereocenters. The van der Waals surface area contributed by atoms with Crippen LogP contribution in [0.3, 0.4) is 0 Å². The highest BCUT2D eigenvalue weighted by atomic mass is 127. The summed E-state index contributed by atoms with van der Waals surface area (Å²) in [5.74, 6) is 0. The fraction of sp³-hybridized carbons (Fsp3) is 0.273. The average Bonchev–Trinajstić information content (AvgIpc) is 2.59. The van der Waals surface area contributed by atoms with Crippen LogP contribution in [0.4, 0.5) is 0 Å². The number of aromatic nitrogens is 3. The second-order valence-corrected chi connectivity index (χ2v) is 4.57. The molecule has 0 aliphatic carbocycles. The van der Waals surface area contributed by atoms with Crippen molar-refractivity contribution in [2.24, 2.45) is 5.73 Å². The van der Waals surface area contributed by atoms with Gasteiger partial charge in [-0.15, -0.1) is 0 Å². The molecule has 0 fully saturated rings. The van der Waals surface area contributed by atoms with E-state index in [-0.39, 0.29) is 0 Å². The molecular weight excluding hydrogens is 315 g/mol. The van der Waals surface area contributed by atoms with E-state index in [0.717, 1.165) is 23.5 Å². The van der Waals surface area contributed by atoms with Crippen LogP contribution >= 0.6 is 22.6 Å². The van der Waals surface area contributed by atoms with Crippen LogP contribution < -0.4 is 5.73 Å². The zero-order chi connectivity index (χ0) is 11.5. The Kier molecular flexibility index (Phi) is 3.55. The number of halogens is 1. The molecule has 2 heterocycles. The fourth-order valence-corrected chi connectivity index (χ4v) is 2.26. The Hall–Kier alpha value is -0.950. The van der Waals surface area contributed by atoms with Crippen molar-refractivity contribution < 1.29 is 0 Å². The molecule has 0 aliphatic rings. The number of rotatable bonds is 3. The Labute approximate surface area is 108 Å². The van der Waals surface area contributed by atoms with E-state index in [2.05, 4.69) is 39.6 Å². The van der Waals surface area contributed by atoms with Gasteiger partial charge in [0.25, 0.3) is 0 Å². The van der Waals surface area contributed by atoms with E-state index in [1.54, 1.807) is 12.4 Å². The predicted octanol–water partition coefficient (Wildman–Crippen LogP) is 1.82. The predicted molar refractivity (Wildman–Crippen MR) is 72.0 cm³/mol. The molecule has 0 aromatic carbocycles. The Morgan fingerprint density at radius 1 is 1.38 bits per heavy atom. The molecule has 0 spiro atoms. The highest BCUT2D eigenvalue weighted by molar-refractivity contribution is 14.1. The maximum atomic E-state index is 5.55. The van der Waals surface area contributed by atoms with Crippen molar-refractivity contribution in [3.05, 3.63) is 33.8 Å². The van der Waals surface area contributed by atoms with Crippen LogP contribution in [0, 0.1) is 10.5 Å². The summed E-state index contributed by atoms with van der Waals surface area (Å²) in [6.45, 7) is 3.43. The molecule has 16 heavy (non-hydrogen) atoms. The number of pyridine rings is 1. The molecule has 0 amide bonds. The van der Waals surface area contributed by atoms with Crippen LogP contribution in [-0.2, 0) is 6.54 Å². The summed E-state index contributed by atoms with van der Waals surface area (Å²) in [6, 6.07) is 3.94. The van der Waals surface area contributed by atoms with Gasteiger partial charge in [0.1, 0.15) is 5.69 Å². The Balaban J connectivity index is 2.46. The first-order chi connectivity index (χ1) is 7.74. The molecule has 0 atom stereocenters. The van der Waals surface area contributed by atoms with Gasteiger partial charge in [0, 0.05) is 30.2 Å². The molecule has 2 aromatic heterocycles. The molecule has 0 radical (unpaired) electrons. The summed E-state index contributed by atoms with van der Waals surface area (Å²) in [5.41, 5.74) is 8.82. The van der Waals surface area contributed by atoms with Gasteiger partial charge in [0.15, 0.2) is 0 Å². The average molecular weight is 328 g/mol. The summed E-state index contributed by atoms with van der Waals surface area (Å²) in [6.07, 6.45) is 3.56. The van der Waals surface area contributed by atoms with Crippen LogP contribution in [-0.4, -0.2) is 21.3 Å². The molecule has 2 aromatic rings. The molecule has 4 nitrogen and oxygen atoms in total. The van der Waals surface area contributed by atoms with Crippen molar-refractivity contribution in [2.45, 2.75) is 13.5 Å². The van der Waals surface area contributed by atoms with E-state index in [1.807, 2.05) is 16.8 Å². The Morgan fingerprint density at radius 2 is 2.06 bits per heavy atom. The maximum absolute atomic E-state index is 5.55. The van der Waals surface area contributed by atoms with Gasteiger partial charge in [0.2, 0.25) is 0 Å². The fourth-order valence-electron chi connectivity index (χ4n) is 1.56.